The highest BCUT2D eigenvalue weighted by Gasteiger charge is 2.22. The molecule has 1 saturated heterocycles. The standard InChI is InChI=1S/C15H27N3O4S/c1-12(19)17-6-8-18(9-7-17)13(20)11-23-10-5-16-14(21)22-15(2,3)4/h5-11H2,1-4H3,(H,16,21). The second-order valence-electron chi connectivity index (χ2n) is 6.37. The number of amides is 3. The molecule has 0 radical (unpaired) electrons. The number of carbonyl (C=O) groups excluding carboxylic acids is 3. The molecule has 1 heterocycles. The van der Waals surface area contributed by atoms with E-state index in [-0.39, 0.29) is 11.8 Å². The van der Waals surface area contributed by atoms with E-state index in [1.165, 1.54) is 11.8 Å². The lowest BCUT2D eigenvalue weighted by Crippen LogP contribution is -2.50. The highest BCUT2D eigenvalue weighted by atomic mass is 32.2. The quantitative estimate of drug-likeness (QED) is 0.750. The molecule has 1 aliphatic heterocycles. The summed E-state index contributed by atoms with van der Waals surface area (Å²) >= 11 is 1.48. The van der Waals surface area contributed by atoms with Crippen LogP contribution < -0.4 is 5.32 Å². The Morgan fingerprint density at radius 2 is 1.65 bits per heavy atom. The number of rotatable bonds is 5. The van der Waals surface area contributed by atoms with Crippen molar-refractivity contribution in [1.82, 2.24) is 15.1 Å². The molecule has 8 heteroatoms. The number of piperazine rings is 1. The third kappa shape index (κ3) is 8.11. The summed E-state index contributed by atoms with van der Waals surface area (Å²) in [4.78, 5) is 38.3. The van der Waals surface area contributed by atoms with Gasteiger partial charge in [-0.15, -0.1) is 0 Å². The molecule has 23 heavy (non-hydrogen) atoms. The predicted molar refractivity (Wildman–Crippen MR) is 90.4 cm³/mol. The van der Waals surface area contributed by atoms with Crippen LogP contribution in [0.25, 0.3) is 0 Å². The Morgan fingerprint density at radius 3 is 2.17 bits per heavy atom. The second-order valence-corrected chi connectivity index (χ2v) is 7.47. The monoisotopic (exact) mass is 345 g/mol. The van der Waals surface area contributed by atoms with Crippen molar-refractivity contribution < 1.29 is 19.1 Å². The average molecular weight is 345 g/mol. The maximum Gasteiger partial charge on any atom is 0.407 e. The Hall–Kier alpha value is -1.44. The Kier molecular flexibility index (Phi) is 7.67. The lowest BCUT2D eigenvalue weighted by atomic mass is 10.2. The number of hydrogen-bond donors (Lipinski definition) is 1. The summed E-state index contributed by atoms with van der Waals surface area (Å²) in [5.41, 5.74) is -0.505. The molecule has 0 spiro atoms. The Bertz CT molecular complexity index is 429. The zero-order valence-electron chi connectivity index (χ0n) is 14.4. The number of carbonyl (C=O) groups is 3. The third-order valence-corrected chi connectivity index (χ3v) is 4.16. The van der Waals surface area contributed by atoms with Crippen LogP contribution >= 0.6 is 11.8 Å². The van der Waals surface area contributed by atoms with Gasteiger partial charge in [-0.05, 0) is 20.8 Å². The largest absolute Gasteiger partial charge is 0.444 e. The van der Waals surface area contributed by atoms with Gasteiger partial charge < -0.3 is 19.9 Å². The van der Waals surface area contributed by atoms with Crippen molar-refractivity contribution >= 4 is 29.7 Å². The molecule has 3 amide bonds. The lowest BCUT2D eigenvalue weighted by molar-refractivity contribution is -0.136. The summed E-state index contributed by atoms with van der Waals surface area (Å²) in [7, 11) is 0. The highest BCUT2D eigenvalue weighted by Crippen LogP contribution is 2.08. The van der Waals surface area contributed by atoms with Crippen LogP contribution in [0, 0.1) is 0 Å². The molecule has 1 aliphatic rings. The summed E-state index contributed by atoms with van der Waals surface area (Å²) in [6.07, 6.45) is -0.440. The van der Waals surface area contributed by atoms with Gasteiger partial charge >= 0.3 is 6.09 Å². The smallest absolute Gasteiger partial charge is 0.407 e. The average Bonchev–Trinajstić information content (AvgIpc) is 2.45. The molecule has 0 aromatic rings. The summed E-state index contributed by atoms with van der Waals surface area (Å²) in [6, 6.07) is 0. The van der Waals surface area contributed by atoms with Gasteiger partial charge in [0.15, 0.2) is 0 Å². The van der Waals surface area contributed by atoms with Crippen molar-refractivity contribution in [1.29, 1.82) is 0 Å². The van der Waals surface area contributed by atoms with Gasteiger partial charge in [-0.1, -0.05) is 0 Å². The molecule has 0 bridgehead atoms. The maximum atomic E-state index is 12.0. The molecular formula is C15H27N3O4S. The van der Waals surface area contributed by atoms with Gasteiger partial charge in [0, 0.05) is 45.4 Å². The molecule has 7 nitrogen and oxygen atoms in total. The number of alkyl carbamates (subject to hydrolysis) is 1. The van der Waals surface area contributed by atoms with Crippen LogP contribution in [0.1, 0.15) is 27.7 Å². The van der Waals surface area contributed by atoms with Crippen LogP contribution in [0.15, 0.2) is 0 Å². The fourth-order valence-electron chi connectivity index (χ4n) is 2.06. The first kappa shape index (κ1) is 19.6. The van der Waals surface area contributed by atoms with Crippen LogP contribution in [0.3, 0.4) is 0 Å². The molecule has 0 atom stereocenters. The minimum atomic E-state index is -0.505. The van der Waals surface area contributed by atoms with Gasteiger partial charge in [-0.2, -0.15) is 11.8 Å². The Morgan fingerprint density at radius 1 is 1.09 bits per heavy atom. The summed E-state index contributed by atoms with van der Waals surface area (Å²) in [6.45, 7) is 9.83. The van der Waals surface area contributed by atoms with Gasteiger partial charge in [0.2, 0.25) is 11.8 Å². The molecule has 1 fully saturated rings. The van der Waals surface area contributed by atoms with E-state index in [0.717, 1.165) is 0 Å². The minimum Gasteiger partial charge on any atom is -0.444 e. The van der Waals surface area contributed by atoms with Crippen molar-refractivity contribution in [3.8, 4) is 0 Å². The topological polar surface area (TPSA) is 79.0 Å². The number of ether oxygens (including phenoxy) is 1. The van der Waals surface area contributed by atoms with Crippen molar-refractivity contribution in [2.45, 2.75) is 33.3 Å². The molecular weight excluding hydrogens is 318 g/mol. The summed E-state index contributed by atoms with van der Waals surface area (Å²) in [5.74, 6) is 1.17. The van der Waals surface area contributed by atoms with E-state index >= 15 is 0 Å². The molecule has 1 rings (SSSR count). The van der Waals surface area contributed by atoms with E-state index in [9.17, 15) is 14.4 Å². The third-order valence-electron chi connectivity index (χ3n) is 3.22. The van der Waals surface area contributed by atoms with Gasteiger partial charge in [-0.3, -0.25) is 9.59 Å². The molecule has 132 valence electrons. The number of nitrogens with zero attached hydrogens (tertiary/aromatic N) is 2. The fraction of sp³-hybridized carbons (Fsp3) is 0.800. The second kappa shape index (κ2) is 9.00. The Labute approximate surface area is 142 Å². The SMILES string of the molecule is CC(=O)N1CCN(C(=O)CSCCNC(=O)OC(C)(C)C)CC1. The predicted octanol–water partition coefficient (Wildman–Crippen LogP) is 0.935. The first-order valence-corrected chi connectivity index (χ1v) is 8.92. The van der Waals surface area contributed by atoms with Crippen molar-refractivity contribution in [2.24, 2.45) is 0 Å². The molecule has 0 unspecified atom stereocenters. The van der Waals surface area contributed by atoms with Crippen LogP contribution in [-0.4, -0.2) is 77.5 Å². The van der Waals surface area contributed by atoms with Crippen molar-refractivity contribution in [3.63, 3.8) is 0 Å². The van der Waals surface area contributed by atoms with Gasteiger partial charge in [0.1, 0.15) is 5.60 Å². The van der Waals surface area contributed by atoms with E-state index in [1.807, 2.05) is 20.8 Å². The van der Waals surface area contributed by atoms with Crippen LogP contribution in [0.2, 0.25) is 0 Å². The Balaban J connectivity index is 2.11. The lowest BCUT2D eigenvalue weighted by Gasteiger charge is -2.34. The first-order chi connectivity index (χ1) is 10.7. The van der Waals surface area contributed by atoms with Crippen LogP contribution in [0.4, 0.5) is 4.79 Å². The van der Waals surface area contributed by atoms with Gasteiger partial charge in [0.25, 0.3) is 0 Å². The van der Waals surface area contributed by atoms with E-state index in [2.05, 4.69) is 5.32 Å². The van der Waals surface area contributed by atoms with E-state index in [1.54, 1.807) is 16.7 Å². The zero-order valence-corrected chi connectivity index (χ0v) is 15.2. The van der Waals surface area contributed by atoms with Crippen LogP contribution in [-0.2, 0) is 14.3 Å². The van der Waals surface area contributed by atoms with E-state index < -0.39 is 11.7 Å². The number of hydrogen-bond acceptors (Lipinski definition) is 5. The van der Waals surface area contributed by atoms with E-state index in [4.69, 9.17) is 4.74 Å². The highest BCUT2D eigenvalue weighted by molar-refractivity contribution is 7.99. The normalized spacial score (nSPS) is 15.3. The van der Waals surface area contributed by atoms with Crippen molar-refractivity contribution in [3.05, 3.63) is 0 Å². The number of nitrogens with one attached hydrogen (secondary N) is 1. The van der Waals surface area contributed by atoms with Gasteiger partial charge in [-0.25, -0.2) is 4.79 Å². The molecule has 0 aromatic heterocycles. The zero-order chi connectivity index (χ0) is 17.5. The molecule has 0 aliphatic carbocycles. The summed E-state index contributed by atoms with van der Waals surface area (Å²) < 4.78 is 5.12. The maximum absolute atomic E-state index is 12.0. The summed E-state index contributed by atoms with van der Waals surface area (Å²) in [5, 5.41) is 2.66. The molecule has 1 N–H and O–H groups in total. The number of thioether (sulfide) groups is 1. The van der Waals surface area contributed by atoms with Gasteiger partial charge in [0.05, 0.1) is 5.75 Å². The minimum absolute atomic E-state index is 0.0553. The van der Waals surface area contributed by atoms with Crippen molar-refractivity contribution in [2.75, 3.05) is 44.2 Å². The molecule has 0 saturated carbocycles. The molecule has 0 aromatic carbocycles. The van der Waals surface area contributed by atoms with Crippen LogP contribution in [0.5, 0.6) is 0 Å². The van der Waals surface area contributed by atoms with E-state index in [0.29, 0.717) is 44.2 Å². The first-order valence-electron chi connectivity index (χ1n) is 7.77. The fourth-order valence-corrected chi connectivity index (χ4v) is 2.81.